The van der Waals surface area contributed by atoms with Gasteiger partial charge in [-0.3, -0.25) is 4.79 Å². The highest BCUT2D eigenvalue weighted by molar-refractivity contribution is 5.80. The fourth-order valence-electron chi connectivity index (χ4n) is 2.36. The molecule has 1 aromatic carbocycles. The van der Waals surface area contributed by atoms with E-state index < -0.39 is 5.97 Å². The standard InChI is InChI=1S/C15H19N3O2.C5H12/c1-3-4-11(2)13-6-5-12(8-16)7-14(13)18(10-17)9-15(19)20;1-3-5-4-2/h5-7H,2-4,9-10,17H2,1H3,(H,19,20);3-5H2,1-2H3. The fraction of sp³-hybridized carbons (Fsp3) is 0.500. The highest BCUT2D eigenvalue weighted by Crippen LogP contribution is 2.29. The van der Waals surface area contributed by atoms with Crippen LogP contribution in [0.5, 0.6) is 0 Å². The largest absolute Gasteiger partial charge is 0.480 e. The molecular formula is C20H31N3O2. The Bertz CT molecular complexity index is 589. The number of carboxylic acids is 1. The van der Waals surface area contributed by atoms with Crippen LogP contribution in [0.1, 0.15) is 64.0 Å². The van der Waals surface area contributed by atoms with Gasteiger partial charge in [0.1, 0.15) is 6.54 Å². The highest BCUT2D eigenvalue weighted by Gasteiger charge is 2.15. The van der Waals surface area contributed by atoms with E-state index in [4.69, 9.17) is 16.1 Å². The molecule has 0 saturated carbocycles. The molecule has 0 spiro atoms. The lowest BCUT2D eigenvalue weighted by molar-refractivity contribution is -0.135. The number of hydrogen-bond donors (Lipinski definition) is 2. The van der Waals surface area contributed by atoms with Crippen molar-refractivity contribution in [2.45, 2.75) is 52.9 Å². The van der Waals surface area contributed by atoms with Gasteiger partial charge in [0.25, 0.3) is 0 Å². The molecule has 0 aliphatic carbocycles. The maximum absolute atomic E-state index is 10.9. The minimum atomic E-state index is -0.968. The van der Waals surface area contributed by atoms with Gasteiger partial charge in [-0.25, -0.2) is 0 Å². The van der Waals surface area contributed by atoms with E-state index in [2.05, 4.69) is 26.5 Å². The lowest BCUT2D eigenvalue weighted by atomic mass is 9.99. The summed E-state index contributed by atoms with van der Waals surface area (Å²) in [6.45, 7) is 10.4. The number of hydrogen-bond acceptors (Lipinski definition) is 4. The lowest BCUT2D eigenvalue weighted by Gasteiger charge is -2.24. The topological polar surface area (TPSA) is 90.4 Å². The molecule has 0 atom stereocenters. The Morgan fingerprint density at radius 1 is 1.28 bits per heavy atom. The second kappa shape index (κ2) is 13.0. The van der Waals surface area contributed by atoms with Gasteiger partial charge in [0.2, 0.25) is 0 Å². The van der Waals surface area contributed by atoms with E-state index in [1.165, 1.54) is 24.2 Å². The number of aliphatic carboxylic acids is 1. The fourth-order valence-corrected chi connectivity index (χ4v) is 2.36. The van der Waals surface area contributed by atoms with Gasteiger partial charge in [-0.15, -0.1) is 0 Å². The summed E-state index contributed by atoms with van der Waals surface area (Å²) in [5.74, 6) is -0.968. The number of rotatable bonds is 9. The number of benzene rings is 1. The molecule has 0 radical (unpaired) electrons. The maximum atomic E-state index is 10.9. The number of nitriles is 1. The quantitative estimate of drug-likeness (QED) is 0.648. The monoisotopic (exact) mass is 345 g/mol. The Morgan fingerprint density at radius 2 is 1.92 bits per heavy atom. The van der Waals surface area contributed by atoms with E-state index >= 15 is 0 Å². The Labute approximate surface area is 151 Å². The van der Waals surface area contributed by atoms with E-state index in [1.54, 1.807) is 18.2 Å². The first-order valence-corrected chi connectivity index (χ1v) is 8.84. The number of nitrogens with two attached hydrogens (primary N) is 1. The lowest BCUT2D eigenvalue weighted by Crippen LogP contribution is -2.35. The maximum Gasteiger partial charge on any atom is 0.323 e. The summed E-state index contributed by atoms with van der Waals surface area (Å²) >= 11 is 0. The van der Waals surface area contributed by atoms with Crippen LogP contribution in [0, 0.1) is 11.3 Å². The molecule has 25 heavy (non-hydrogen) atoms. The summed E-state index contributed by atoms with van der Waals surface area (Å²) in [6.07, 6.45) is 5.83. The molecule has 0 bridgehead atoms. The third-order valence-corrected chi connectivity index (χ3v) is 3.65. The Hall–Kier alpha value is -2.32. The van der Waals surface area contributed by atoms with Crippen molar-refractivity contribution < 1.29 is 9.90 Å². The number of unbranched alkanes of at least 4 members (excludes halogenated alkanes) is 2. The van der Waals surface area contributed by atoms with Gasteiger partial charge in [-0.2, -0.15) is 5.26 Å². The average Bonchev–Trinajstić information content (AvgIpc) is 2.60. The molecule has 0 unspecified atom stereocenters. The van der Waals surface area contributed by atoms with E-state index in [0.717, 1.165) is 24.0 Å². The van der Waals surface area contributed by atoms with Gasteiger partial charge in [0.15, 0.2) is 0 Å². The Balaban J connectivity index is 0.00000101. The minimum Gasteiger partial charge on any atom is -0.480 e. The summed E-state index contributed by atoms with van der Waals surface area (Å²) in [4.78, 5) is 12.4. The first-order chi connectivity index (χ1) is 11.9. The highest BCUT2D eigenvalue weighted by atomic mass is 16.4. The Morgan fingerprint density at radius 3 is 2.32 bits per heavy atom. The third kappa shape index (κ3) is 8.37. The van der Waals surface area contributed by atoms with Crippen molar-refractivity contribution in [3.63, 3.8) is 0 Å². The summed E-state index contributed by atoms with van der Waals surface area (Å²) in [5.41, 5.74) is 8.51. The van der Waals surface area contributed by atoms with Crippen molar-refractivity contribution in [3.8, 4) is 6.07 Å². The summed E-state index contributed by atoms with van der Waals surface area (Å²) in [7, 11) is 0. The van der Waals surface area contributed by atoms with Gasteiger partial charge in [-0.05, 0) is 24.1 Å². The van der Waals surface area contributed by atoms with E-state index in [0.29, 0.717) is 11.3 Å². The molecule has 138 valence electrons. The van der Waals surface area contributed by atoms with Crippen LogP contribution in [0.15, 0.2) is 24.8 Å². The van der Waals surface area contributed by atoms with Crippen LogP contribution in [0.3, 0.4) is 0 Å². The molecule has 0 fully saturated rings. The van der Waals surface area contributed by atoms with Crippen molar-refractivity contribution in [2.24, 2.45) is 5.73 Å². The van der Waals surface area contributed by atoms with Crippen LogP contribution in [0.25, 0.3) is 5.57 Å². The summed E-state index contributed by atoms with van der Waals surface area (Å²) < 4.78 is 0. The molecule has 0 amide bonds. The molecule has 0 aliphatic heterocycles. The smallest absolute Gasteiger partial charge is 0.323 e. The van der Waals surface area contributed by atoms with Gasteiger partial charge < -0.3 is 15.7 Å². The average molecular weight is 345 g/mol. The molecule has 0 heterocycles. The Kier molecular flexibility index (Phi) is 11.8. The second-order valence-electron chi connectivity index (χ2n) is 5.83. The van der Waals surface area contributed by atoms with Crippen LogP contribution >= 0.6 is 0 Å². The normalized spacial score (nSPS) is 9.56. The molecule has 3 N–H and O–H groups in total. The zero-order chi connectivity index (χ0) is 19.2. The third-order valence-electron chi connectivity index (χ3n) is 3.65. The van der Waals surface area contributed by atoms with Gasteiger partial charge >= 0.3 is 5.97 Å². The predicted molar refractivity (Wildman–Crippen MR) is 104 cm³/mol. The molecule has 5 heteroatoms. The van der Waals surface area contributed by atoms with Crippen LogP contribution in [-0.2, 0) is 4.79 Å². The molecule has 0 aliphatic rings. The van der Waals surface area contributed by atoms with Crippen molar-refractivity contribution in [3.05, 3.63) is 35.9 Å². The van der Waals surface area contributed by atoms with Crippen LogP contribution in [0.4, 0.5) is 5.69 Å². The summed E-state index contributed by atoms with van der Waals surface area (Å²) in [6, 6.07) is 7.22. The van der Waals surface area contributed by atoms with Crippen molar-refractivity contribution in [2.75, 3.05) is 18.1 Å². The van der Waals surface area contributed by atoms with Gasteiger partial charge in [0.05, 0.1) is 18.3 Å². The number of carbonyl (C=O) groups is 1. The van der Waals surface area contributed by atoms with E-state index in [1.807, 2.05) is 6.92 Å². The first-order valence-electron chi connectivity index (χ1n) is 8.84. The number of anilines is 1. The minimum absolute atomic E-state index is 0.0631. The van der Waals surface area contributed by atoms with Crippen molar-refractivity contribution in [1.29, 1.82) is 5.26 Å². The molecule has 0 aromatic heterocycles. The zero-order valence-corrected chi connectivity index (χ0v) is 15.7. The zero-order valence-electron chi connectivity index (χ0n) is 15.7. The SMILES string of the molecule is C=C(CCC)c1ccc(C#N)cc1N(CN)CC(=O)O.CCCCC. The summed E-state index contributed by atoms with van der Waals surface area (Å²) in [5, 5.41) is 17.9. The molecule has 0 saturated heterocycles. The molecule has 5 nitrogen and oxygen atoms in total. The van der Waals surface area contributed by atoms with Gasteiger partial charge in [-0.1, -0.05) is 59.1 Å². The van der Waals surface area contributed by atoms with E-state index in [-0.39, 0.29) is 13.2 Å². The van der Waals surface area contributed by atoms with Crippen LogP contribution in [-0.4, -0.2) is 24.3 Å². The van der Waals surface area contributed by atoms with Crippen LogP contribution in [0.2, 0.25) is 0 Å². The molecule has 1 aromatic rings. The van der Waals surface area contributed by atoms with Crippen LogP contribution < -0.4 is 10.6 Å². The van der Waals surface area contributed by atoms with Crippen molar-refractivity contribution in [1.82, 2.24) is 0 Å². The van der Waals surface area contributed by atoms with Gasteiger partial charge in [0, 0.05) is 11.3 Å². The predicted octanol–water partition coefficient (Wildman–Crippen LogP) is 4.38. The van der Waals surface area contributed by atoms with Crippen molar-refractivity contribution >= 4 is 17.2 Å². The molecule has 1 rings (SSSR count). The van der Waals surface area contributed by atoms with E-state index in [9.17, 15) is 4.79 Å². The number of nitrogens with zero attached hydrogens (tertiary/aromatic N) is 2. The number of allylic oxidation sites excluding steroid dienone is 1. The first kappa shape index (κ1) is 22.7. The number of carboxylic acid groups (broad SMARTS) is 1. The second-order valence-corrected chi connectivity index (χ2v) is 5.83. The molecular weight excluding hydrogens is 314 g/mol.